The second kappa shape index (κ2) is 9.46. The lowest BCUT2D eigenvalue weighted by atomic mass is 10.2. The highest BCUT2D eigenvalue weighted by atomic mass is 32.2. The first-order valence-corrected chi connectivity index (χ1v) is 11.1. The van der Waals surface area contributed by atoms with Crippen molar-refractivity contribution in [2.75, 3.05) is 20.2 Å². The van der Waals surface area contributed by atoms with Crippen molar-refractivity contribution in [3.05, 3.63) is 59.7 Å². The molecule has 2 N–H and O–H groups in total. The van der Waals surface area contributed by atoms with Gasteiger partial charge in [-0.15, -0.1) is 0 Å². The van der Waals surface area contributed by atoms with Gasteiger partial charge < -0.3 is 9.47 Å². The van der Waals surface area contributed by atoms with Gasteiger partial charge in [-0.3, -0.25) is 20.4 Å². The van der Waals surface area contributed by atoms with Crippen molar-refractivity contribution in [2.45, 2.75) is 31.0 Å². The van der Waals surface area contributed by atoms with Crippen molar-refractivity contribution in [1.82, 2.24) is 15.2 Å². The summed E-state index contributed by atoms with van der Waals surface area (Å²) in [6, 6.07) is 11.9. The smallest absolute Gasteiger partial charge is 0.269 e. The molecule has 1 saturated heterocycles. The summed E-state index contributed by atoms with van der Waals surface area (Å²) in [7, 11) is -2.17. The number of amides is 2. The molecule has 2 unspecified atom stereocenters. The first-order chi connectivity index (χ1) is 14.7. The Kier molecular flexibility index (Phi) is 6.94. The Labute approximate surface area is 181 Å². The summed E-state index contributed by atoms with van der Waals surface area (Å²) in [5.41, 5.74) is 5.18. The van der Waals surface area contributed by atoms with E-state index in [4.69, 9.17) is 9.47 Å². The molecule has 0 aliphatic carbocycles. The van der Waals surface area contributed by atoms with Crippen LogP contribution in [0.5, 0.6) is 5.75 Å². The van der Waals surface area contributed by atoms with Crippen molar-refractivity contribution in [3.8, 4) is 5.75 Å². The fraction of sp³-hybridized carbons (Fsp3) is 0.333. The number of methoxy groups -OCH3 is 1. The van der Waals surface area contributed by atoms with E-state index in [9.17, 15) is 18.0 Å². The Morgan fingerprint density at radius 3 is 1.81 bits per heavy atom. The number of carbonyl (C=O) groups excluding carboxylic acids is 2. The van der Waals surface area contributed by atoms with Gasteiger partial charge in [0.15, 0.2) is 0 Å². The Hall–Kier alpha value is -2.95. The molecule has 2 atom stereocenters. The second-order valence-electron chi connectivity index (χ2n) is 7.24. The predicted octanol–water partition coefficient (Wildman–Crippen LogP) is 1.57. The van der Waals surface area contributed by atoms with Crippen LogP contribution in [-0.4, -0.2) is 56.9 Å². The minimum Gasteiger partial charge on any atom is -0.497 e. The molecular formula is C21H25N3O6S. The van der Waals surface area contributed by atoms with Crippen molar-refractivity contribution >= 4 is 21.8 Å². The number of hydrogen-bond acceptors (Lipinski definition) is 6. The maximum atomic E-state index is 12.9. The van der Waals surface area contributed by atoms with Gasteiger partial charge in [0.1, 0.15) is 5.75 Å². The van der Waals surface area contributed by atoms with Crippen molar-refractivity contribution in [1.29, 1.82) is 0 Å². The summed E-state index contributed by atoms with van der Waals surface area (Å²) in [4.78, 5) is 24.5. The number of benzene rings is 2. The molecule has 1 fully saturated rings. The quantitative estimate of drug-likeness (QED) is 0.673. The number of rotatable bonds is 5. The molecule has 0 aromatic heterocycles. The third kappa shape index (κ3) is 5.40. The lowest BCUT2D eigenvalue weighted by Crippen LogP contribution is -2.48. The van der Waals surface area contributed by atoms with Crippen LogP contribution in [0.25, 0.3) is 0 Å². The van der Waals surface area contributed by atoms with Crippen LogP contribution in [0, 0.1) is 0 Å². The lowest BCUT2D eigenvalue weighted by molar-refractivity contribution is -0.0440. The van der Waals surface area contributed by atoms with Crippen LogP contribution in [0.4, 0.5) is 0 Å². The van der Waals surface area contributed by atoms with Gasteiger partial charge in [0.25, 0.3) is 11.8 Å². The summed E-state index contributed by atoms with van der Waals surface area (Å²) in [5.74, 6) is -0.457. The Balaban J connectivity index is 1.62. The number of nitrogens with one attached hydrogen (secondary N) is 2. The fourth-order valence-electron chi connectivity index (χ4n) is 3.25. The maximum Gasteiger partial charge on any atom is 0.269 e. The van der Waals surface area contributed by atoms with Crippen molar-refractivity contribution in [2.24, 2.45) is 0 Å². The van der Waals surface area contributed by atoms with E-state index in [1.807, 2.05) is 13.8 Å². The summed E-state index contributed by atoms with van der Waals surface area (Å²) < 4.78 is 37.8. The average Bonchev–Trinajstić information content (AvgIpc) is 2.76. The highest BCUT2D eigenvalue weighted by Gasteiger charge is 2.32. The summed E-state index contributed by atoms with van der Waals surface area (Å²) in [6.07, 6.45) is -0.393. The number of hydrazine groups is 1. The first kappa shape index (κ1) is 22.7. The third-order valence-corrected chi connectivity index (χ3v) is 6.63. The molecule has 2 amide bonds. The number of ether oxygens (including phenoxy) is 2. The fourth-order valence-corrected chi connectivity index (χ4v) is 4.85. The zero-order chi connectivity index (χ0) is 22.6. The van der Waals surface area contributed by atoms with Crippen LogP contribution in [0.15, 0.2) is 53.4 Å². The first-order valence-electron chi connectivity index (χ1n) is 9.71. The number of nitrogens with zero attached hydrogens (tertiary/aromatic N) is 1. The molecule has 2 aromatic carbocycles. The van der Waals surface area contributed by atoms with Crippen LogP contribution >= 0.6 is 0 Å². The molecule has 0 spiro atoms. The SMILES string of the molecule is COc1ccc(C(=O)NNC(=O)c2ccc(S(=O)(=O)N3CC(C)OC(C)C3)cc2)cc1. The minimum absolute atomic E-state index is 0.0904. The van der Waals surface area contributed by atoms with E-state index < -0.39 is 21.8 Å². The van der Waals surface area contributed by atoms with Gasteiger partial charge in [0.2, 0.25) is 10.0 Å². The van der Waals surface area contributed by atoms with Crippen LogP contribution < -0.4 is 15.6 Å². The minimum atomic E-state index is -3.70. The standard InChI is InChI=1S/C21H25N3O6S/c1-14-12-24(13-15(2)30-14)31(27,28)19-10-6-17(7-11-19)21(26)23-22-20(25)16-4-8-18(29-3)9-5-16/h4-11,14-15H,12-13H2,1-3H3,(H,22,25)(H,23,26). The third-order valence-electron chi connectivity index (χ3n) is 4.78. The molecule has 10 heteroatoms. The second-order valence-corrected chi connectivity index (χ2v) is 9.18. The molecule has 166 valence electrons. The number of hydrogen-bond donors (Lipinski definition) is 2. The molecular weight excluding hydrogens is 422 g/mol. The van der Waals surface area contributed by atoms with E-state index >= 15 is 0 Å². The highest BCUT2D eigenvalue weighted by molar-refractivity contribution is 7.89. The van der Waals surface area contributed by atoms with Gasteiger partial charge >= 0.3 is 0 Å². The van der Waals surface area contributed by atoms with Crippen molar-refractivity contribution < 1.29 is 27.5 Å². The normalized spacial score (nSPS) is 19.5. The number of morpholine rings is 1. The molecule has 3 rings (SSSR count). The van der Waals surface area contributed by atoms with Crippen LogP contribution in [0.1, 0.15) is 34.6 Å². The van der Waals surface area contributed by atoms with E-state index in [0.717, 1.165) is 0 Å². The number of carbonyl (C=O) groups is 2. The van der Waals surface area contributed by atoms with Gasteiger partial charge in [-0.25, -0.2) is 8.42 Å². The molecule has 1 aliphatic heterocycles. The van der Waals surface area contributed by atoms with E-state index in [0.29, 0.717) is 11.3 Å². The molecule has 1 heterocycles. The summed E-state index contributed by atoms with van der Waals surface area (Å²) in [6.45, 7) is 4.19. The zero-order valence-corrected chi connectivity index (χ0v) is 18.3. The summed E-state index contributed by atoms with van der Waals surface area (Å²) >= 11 is 0. The molecule has 9 nitrogen and oxygen atoms in total. The van der Waals surface area contributed by atoms with Gasteiger partial charge in [-0.2, -0.15) is 4.31 Å². The molecule has 31 heavy (non-hydrogen) atoms. The highest BCUT2D eigenvalue weighted by Crippen LogP contribution is 2.21. The average molecular weight is 448 g/mol. The van der Waals surface area contributed by atoms with E-state index in [2.05, 4.69) is 10.9 Å². The maximum absolute atomic E-state index is 12.9. The van der Waals surface area contributed by atoms with E-state index in [1.54, 1.807) is 24.3 Å². The van der Waals surface area contributed by atoms with E-state index in [1.165, 1.54) is 35.7 Å². The van der Waals surface area contributed by atoms with Crippen LogP contribution in [0.3, 0.4) is 0 Å². The van der Waals surface area contributed by atoms with Gasteiger partial charge in [-0.1, -0.05) is 0 Å². The molecule has 1 aliphatic rings. The van der Waals surface area contributed by atoms with Crippen LogP contribution in [-0.2, 0) is 14.8 Å². The summed E-state index contributed by atoms with van der Waals surface area (Å²) in [5, 5.41) is 0. The molecule has 0 radical (unpaired) electrons. The van der Waals surface area contributed by atoms with Gasteiger partial charge in [0, 0.05) is 24.2 Å². The van der Waals surface area contributed by atoms with Gasteiger partial charge in [-0.05, 0) is 62.4 Å². The zero-order valence-electron chi connectivity index (χ0n) is 17.5. The van der Waals surface area contributed by atoms with Crippen molar-refractivity contribution in [3.63, 3.8) is 0 Å². The lowest BCUT2D eigenvalue weighted by Gasteiger charge is -2.34. The molecule has 2 aromatic rings. The van der Waals surface area contributed by atoms with Crippen LogP contribution in [0.2, 0.25) is 0 Å². The Morgan fingerprint density at radius 1 is 0.903 bits per heavy atom. The Morgan fingerprint density at radius 2 is 1.35 bits per heavy atom. The predicted molar refractivity (Wildman–Crippen MR) is 113 cm³/mol. The molecule has 0 bridgehead atoms. The monoisotopic (exact) mass is 447 g/mol. The molecule has 0 saturated carbocycles. The topological polar surface area (TPSA) is 114 Å². The number of sulfonamides is 1. The van der Waals surface area contributed by atoms with E-state index in [-0.39, 0.29) is 35.8 Å². The van der Waals surface area contributed by atoms with Gasteiger partial charge in [0.05, 0.1) is 24.2 Å². The largest absolute Gasteiger partial charge is 0.497 e. The Bertz CT molecular complexity index is 1030.